The topological polar surface area (TPSA) is 172 Å². The van der Waals surface area contributed by atoms with Crippen LogP contribution in [0.25, 0.3) is 11.1 Å². The summed E-state index contributed by atoms with van der Waals surface area (Å²) < 4.78 is 0. The van der Waals surface area contributed by atoms with Crippen molar-refractivity contribution in [3.8, 4) is 16.9 Å². The van der Waals surface area contributed by atoms with E-state index in [-0.39, 0.29) is 17.1 Å². The molecule has 2 aromatic carbocycles. The second-order valence-electron chi connectivity index (χ2n) is 11.8. The van der Waals surface area contributed by atoms with Crippen molar-refractivity contribution in [2.75, 3.05) is 14.1 Å². The zero-order valence-electron chi connectivity index (χ0n) is 23.4. The molecule has 3 aliphatic rings. The van der Waals surface area contributed by atoms with Crippen LogP contribution in [-0.4, -0.2) is 75.7 Å². The van der Waals surface area contributed by atoms with E-state index in [2.05, 4.69) is 0 Å². The number of primary amides is 1. The molecule has 2 saturated carbocycles. The quantitative estimate of drug-likeness (QED) is 0.370. The molecule has 0 radical (unpaired) electrons. The SMILES string of the molecule is CC(=O)c1ccc(-c2ccc3c(c2O)C(=O)C2C(=O)[C@]4(O)C(=O)C(C(N)=O)C(=O)[C@@H](N(C)C)[C@@H]4[C@@H](C)[C@@H]2[C@H]3C)cc1. The molecule has 2 unspecified atom stereocenters. The smallest absolute Gasteiger partial charge is 0.235 e. The van der Waals surface area contributed by atoms with Crippen LogP contribution in [0.15, 0.2) is 36.4 Å². The van der Waals surface area contributed by atoms with Gasteiger partial charge in [0.2, 0.25) is 5.91 Å². The summed E-state index contributed by atoms with van der Waals surface area (Å²) in [6, 6.07) is 8.69. The van der Waals surface area contributed by atoms with Crippen molar-refractivity contribution in [2.45, 2.75) is 38.3 Å². The van der Waals surface area contributed by atoms with E-state index in [1.54, 1.807) is 64.3 Å². The maximum atomic E-state index is 14.2. The Hall–Kier alpha value is -4.02. The van der Waals surface area contributed by atoms with Gasteiger partial charge in [-0.2, -0.15) is 0 Å². The van der Waals surface area contributed by atoms with E-state index in [9.17, 15) is 39.0 Å². The summed E-state index contributed by atoms with van der Waals surface area (Å²) in [6.07, 6.45) is 0. The summed E-state index contributed by atoms with van der Waals surface area (Å²) in [6.45, 7) is 4.93. The number of benzene rings is 2. The summed E-state index contributed by atoms with van der Waals surface area (Å²) >= 11 is 0. The number of rotatable bonds is 4. The van der Waals surface area contributed by atoms with Gasteiger partial charge in [-0.25, -0.2) is 0 Å². The van der Waals surface area contributed by atoms with Crippen LogP contribution in [0.2, 0.25) is 0 Å². The van der Waals surface area contributed by atoms with Gasteiger partial charge in [0.05, 0.1) is 17.5 Å². The van der Waals surface area contributed by atoms with Crippen LogP contribution in [0.3, 0.4) is 0 Å². The first-order valence-corrected chi connectivity index (χ1v) is 13.5. The fraction of sp³-hybridized carbons (Fsp3) is 0.419. The lowest BCUT2D eigenvalue weighted by Gasteiger charge is -2.57. The Morgan fingerprint density at radius 3 is 2.10 bits per heavy atom. The first kappa shape index (κ1) is 28.5. The van der Waals surface area contributed by atoms with Crippen LogP contribution in [0.1, 0.15) is 53.0 Å². The third-order valence-corrected chi connectivity index (χ3v) is 9.50. The molecule has 2 aromatic rings. The second-order valence-corrected chi connectivity index (χ2v) is 11.8. The molecule has 214 valence electrons. The Bertz CT molecular complexity index is 1540. The molecule has 0 saturated heterocycles. The minimum atomic E-state index is -2.80. The van der Waals surface area contributed by atoms with Crippen LogP contribution in [-0.2, 0) is 19.2 Å². The molecule has 8 atom stereocenters. The fourth-order valence-electron chi connectivity index (χ4n) is 7.61. The van der Waals surface area contributed by atoms with Gasteiger partial charge in [-0.15, -0.1) is 0 Å². The van der Waals surface area contributed by atoms with Gasteiger partial charge in [-0.05, 0) is 49.9 Å². The lowest BCUT2D eigenvalue weighted by Crippen LogP contribution is -2.76. The summed E-state index contributed by atoms with van der Waals surface area (Å²) in [5.41, 5.74) is 4.35. The van der Waals surface area contributed by atoms with E-state index in [1.807, 2.05) is 0 Å². The van der Waals surface area contributed by atoms with Crippen molar-refractivity contribution in [1.82, 2.24) is 4.90 Å². The number of phenolic OH excluding ortho intramolecular Hbond substituents is 1. The Kier molecular flexibility index (Phi) is 6.62. The number of carbonyl (C=O) groups excluding carboxylic acids is 6. The minimum absolute atomic E-state index is 0.0792. The highest BCUT2D eigenvalue weighted by Crippen LogP contribution is 2.57. The highest BCUT2D eigenvalue weighted by Gasteiger charge is 2.72. The average molecular weight is 561 g/mol. The summed E-state index contributed by atoms with van der Waals surface area (Å²) in [5, 5.41) is 23.3. The van der Waals surface area contributed by atoms with Crippen LogP contribution in [0, 0.1) is 29.6 Å². The van der Waals surface area contributed by atoms with Gasteiger partial charge in [-0.1, -0.05) is 50.2 Å². The number of likely N-dealkylation sites (N-methyl/N-ethyl adjacent to an activating group) is 1. The number of phenols is 1. The number of aliphatic hydroxyl groups is 1. The molecule has 2 fully saturated rings. The maximum absolute atomic E-state index is 14.2. The standard InChI is InChI=1S/C31H32N2O8/c1-12-17-10-11-18(16-8-6-15(7-9-16)14(3)34)25(35)20(17)26(36)21-19(12)13(2)23-24(33(4)5)27(37)22(30(32)40)29(39)31(23,41)28(21)38/h6-13,19,21-24,35,41H,1-5H3,(H2,32,40)/t12-,13-,19-,21?,22?,23-,24-,31-/m0/s1. The first-order valence-electron chi connectivity index (χ1n) is 13.5. The van der Waals surface area contributed by atoms with Crippen LogP contribution < -0.4 is 5.73 Å². The van der Waals surface area contributed by atoms with E-state index in [0.717, 1.165) is 0 Å². The molecule has 0 bridgehead atoms. The molecule has 4 N–H and O–H groups in total. The van der Waals surface area contributed by atoms with Crippen molar-refractivity contribution in [2.24, 2.45) is 35.3 Å². The Labute approximate surface area is 236 Å². The number of fused-ring (bicyclic) bond motifs is 3. The van der Waals surface area contributed by atoms with Gasteiger partial charge in [0.15, 0.2) is 40.4 Å². The predicted molar refractivity (Wildman–Crippen MR) is 146 cm³/mol. The lowest BCUT2D eigenvalue weighted by atomic mass is 9.47. The van der Waals surface area contributed by atoms with E-state index < -0.39 is 76.2 Å². The molecule has 3 aliphatic carbocycles. The maximum Gasteiger partial charge on any atom is 0.235 e. The number of nitrogens with zero attached hydrogens (tertiary/aromatic N) is 1. The molecular formula is C31H32N2O8. The van der Waals surface area contributed by atoms with Gasteiger partial charge in [-0.3, -0.25) is 33.7 Å². The number of ketones is 5. The van der Waals surface area contributed by atoms with E-state index in [1.165, 1.54) is 11.8 Å². The lowest BCUT2D eigenvalue weighted by molar-refractivity contribution is -0.188. The molecule has 41 heavy (non-hydrogen) atoms. The number of Topliss-reactive ketones (excluding diaryl/α,β-unsaturated/α-hetero) is 5. The van der Waals surface area contributed by atoms with Crippen molar-refractivity contribution in [3.63, 3.8) is 0 Å². The molecule has 0 heterocycles. The van der Waals surface area contributed by atoms with E-state index >= 15 is 0 Å². The van der Waals surface area contributed by atoms with E-state index in [0.29, 0.717) is 22.3 Å². The number of nitrogens with two attached hydrogens (primary N) is 1. The second kappa shape index (κ2) is 9.53. The molecule has 0 aliphatic heterocycles. The molecule has 1 amide bonds. The number of hydrogen-bond acceptors (Lipinski definition) is 9. The van der Waals surface area contributed by atoms with Gasteiger partial charge >= 0.3 is 0 Å². The largest absolute Gasteiger partial charge is 0.507 e. The summed E-state index contributed by atoms with van der Waals surface area (Å²) in [5.74, 6) is -12.3. The van der Waals surface area contributed by atoms with Crippen molar-refractivity contribution < 1.29 is 39.0 Å². The summed E-state index contributed by atoms with van der Waals surface area (Å²) in [7, 11) is 3.10. The molecular weight excluding hydrogens is 528 g/mol. The van der Waals surface area contributed by atoms with Gasteiger partial charge < -0.3 is 15.9 Å². The third-order valence-electron chi connectivity index (χ3n) is 9.50. The molecule has 10 heteroatoms. The van der Waals surface area contributed by atoms with Crippen LogP contribution >= 0.6 is 0 Å². The van der Waals surface area contributed by atoms with Crippen molar-refractivity contribution >= 4 is 34.8 Å². The highest BCUT2D eigenvalue weighted by atomic mass is 16.3. The van der Waals surface area contributed by atoms with Crippen molar-refractivity contribution in [1.29, 1.82) is 0 Å². The minimum Gasteiger partial charge on any atom is -0.507 e. The first-order chi connectivity index (χ1) is 19.2. The van der Waals surface area contributed by atoms with Crippen LogP contribution in [0.4, 0.5) is 0 Å². The Morgan fingerprint density at radius 2 is 1.56 bits per heavy atom. The highest BCUT2D eigenvalue weighted by molar-refractivity contribution is 6.32. The Balaban J connectivity index is 1.67. The zero-order valence-corrected chi connectivity index (χ0v) is 23.4. The van der Waals surface area contributed by atoms with Gasteiger partial charge in [0.1, 0.15) is 5.75 Å². The normalized spacial score (nSPS) is 32.8. The van der Waals surface area contributed by atoms with Crippen molar-refractivity contribution in [3.05, 3.63) is 53.1 Å². The molecule has 5 rings (SSSR count). The van der Waals surface area contributed by atoms with Gasteiger partial charge in [0, 0.05) is 17.0 Å². The molecule has 0 aromatic heterocycles. The molecule has 0 spiro atoms. The van der Waals surface area contributed by atoms with Crippen LogP contribution in [0.5, 0.6) is 5.75 Å². The number of amides is 1. The Morgan fingerprint density at radius 1 is 0.951 bits per heavy atom. The molecule has 10 nitrogen and oxygen atoms in total. The fourth-order valence-corrected chi connectivity index (χ4v) is 7.61. The van der Waals surface area contributed by atoms with Gasteiger partial charge in [0.25, 0.3) is 0 Å². The predicted octanol–water partition coefficient (Wildman–Crippen LogP) is 1.54. The van der Waals surface area contributed by atoms with E-state index in [4.69, 9.17) is 5.73 Å². The monoisotopic (exact) mass is 560 g/mol. The third kappa shape index (κ3) is 3.77. The zero-order chi connectivity index (χ0) is 30.3. The number of hydrogen-bond donors (Lipinski definition) is 3. The number of carbonyl (C=O) groups is 6. The number of aromatic hydroxyl groups is 1. The summed E-state index contributed by atoms with van der Waals surface area (Å²) in [4.78, 5) is 80.5. The average Bonchev–Trinajstić information content (AvgIpc) is 2.90.